The van der Waals surface area contributed by atoms with Gasteiger partial charge in [-0.2, -0.15) is 0 Å². The molecule has 0 atom stereocenters. The van der Waals surface area contributed by atoms with E-state index in [4.69, 9.17) is 11.6 Å². The Balaban J connectivity index is 0. The second kappa shape index (κ2) is 4.51. The average molecular weight is 375 g/mol. The SMILES string of the molecule is C[Si](C)CCl.[Rf]. The van der Waals surface area contributed by atoms with E-state index in [1.165, 1.54) is 0 Å². The van der Waals surface area contributed by atoms with Crippen LogP contribution >= 0.6 is 11.6 Å². The van der Waals surface area contributed by atoms with Gasteiger partial charge in [-0.25, -0.2) is 0 Å². The topological polar surface area (TPSA) is 0 Å². The van der Waals surface area contributed by atoms with Crippen molar-refractivity contribution in [1.82, 2.24) is 0 Å². The molecule has 0 nitrogen and oxygen atoms in total. The quantitative estimate of drug-likeness (QED) is 0.482. The molecular weight excluding hydrogens is 367 g/mol. The summed E-state index contributed by atoms with van der Waals surface area (Å²) in [4.78, 5) is 0. The van der Waals surface area contributed by atoms with E-state index in [-0.39, 0.29) is 8.80 Å². The van der Waals surface area contributed by atoms with Crippen molar-refractivity contribution in [3.63, 3.8) is 0 Å². The van der Waals surface area contributed by atoms with Gasteiger partial charge in [0.15, 0.2) is 0 Å². The molecule has 0 aliphatic carbocycles. The van der Waals surface area contributed by atoms with Crippen LogP contribution < -0.4 is 0 Å². The van der Waals surface area contributed by atoms with Crippen LogP contribution in [0.4, 0.5) is 0 Å². The van der Waals surface area contributed by atoms with Crippen LogP contribution in [0.3, 0.4) is 0 Å². The maximum absolute atomic E-state index is 5.38. The second-order valence-electron chi connectivity index (χ2n) is 1.34. The number of rotatable bonds is 1. The summed E-state index contributed by atoms with van der Waals surface area (Å²) in [6.07, 6.45) is 0. The molecule has 0 unspecified atom stereocenters. The van der Waals surface area contributed by atoms with Crippen molar-refractivity contribution in [3.05, 3.63) is 0 Å². The normalized spacial score (nSPS) is 8.00. The van der Waals surface area contributed by atoms with E-state index in [0.29, 0.717) is 0 Å². The van der Waals surface area contributed by atoms with E-state index in [1.807, 2.05) is 0 Å². The summed E-state index contributed by atoms with van der Waals surface area (Å²) < 4.78 is 0. The Morgan fingerprint density at radius 1 is 1.50 bits per heavy atom. The van der Waals surface area contributed by atoms with Crippen LogP contribution in [0.2, 0.25) is 13.1 Å². The van der Waals surface area contributed by atoms with Gasteiger partial charge in [0.1, 0.15) is 0 Å². The van der Waals surface area contributed by atoms with Crippen LogP contribution in [0.25, 0.3) is 0 Å². The zero-order valence-electron chi connectivity index (χ0n) is 4.29. The third-order valence-corrected chi connectivity index (χ3v) is 2.41. The Bertz CT molecular complexity index is 24.8. The fourth-order valence-electron chi connectivity index (χ4n) is 0. The molecule has 3 heteroatoms. The molecule has 0 aromatic rings. The molecule has 0 N–H and O–H groups in total. The van der Waals surface area contributed by atoms with Gasteiger partial charge in [0.2, 0.25) is 0 Å². The fourth-order valence-corrected chi connectivity index (χ4v) is 0. The maximum Gasteiger partial charge on any atom is 0.0594 e. The van der Waals surface area contributed by atoms with Crippen LogP contribution in [0, 0.1) is 0 Å². The van der Waals surface area contributed by atoms with Crippen molar-refractivity contribution in [1.29, 1.82) is 0 Å². The monoisotopic (exact) mass is 374 g/mol. The van der Waals surface area contributed by atoms with Gasteiger partial charge in [-0.15, -0.1) is 11.6 Å². The molecule has 0 fully saturated rings. The Morgan fingerprint density at radius 3 is 1.67 bits per heavy atom. The van der Waals surface area contributed by atoms with Crippen molar-refractivity contribution < 1.29 is 0 Å². The average Bonchev–Trinajstić information content (AvgIpc) is 1.38. The third-order valence-electron chi connectivity index (χ3n) is 0.267. The molecule has 0 heterocycles. The maximum atomic E-state index is 5.38. The molecule has 0 saturated heterocycles. The zero-order valence-corrected chi connectivity index (χ0v) is 12.4. The van der Waals surface area contributed by atoms with Gasteiger partial charge in [-0.05, 0) is 0 Å². The first-order valence-corrected chi connectivity index (χ1v) is 4.86. The van der Waals surface area contributed by atoms with Crippen molar-refractivity contribution in [2.75, 3.05) is 5.50 Å². The summed E-state index contributed by atoms with van der Waals surface area (Å²) in [6.45, 7) is 4.38. The van der Waals surface area contributed by atoms with Gasteiger partial charge in [-0.3, -0.25) is 0 Å². The van der Waals surface area contributed by atoms with Crippen molar-refractivity contribution in [3.8, 4) is 0 Å². The number of hydrogen-bond acceptors (Lipinski definition) is 0. The van der Waals surface area contributed by atoms with Crippen LogP contribution in [0.15, 0.2) is 0 Å². The molecule has 0 aliphatic rings. The van der Waals surface area contributed by atoms with Gasteiger partial charge in [0.05, 0.1) is 8.80 Å². The number of halogens is 1. The van der Waals surface area contributed by atoms with E-state index in [1.54, 1.807) is 0 Å². The minimum Gasteiger partial charge on any atom is -0.130 e. The van der Waals surface area contributed by atoms with Gasteiger partial charge in [0, 0.05) is 5.50 Å². The molecule has 6 heavy (non-hydrogen) atoms. The van der Waals surface area contributed by atoms with E-state index in [9.17, 15) is 0 Å². The Labute approximate surface area is 39.8 Å². The minimum absolute atomic E-state index is 0. The summed E-state index contributed by atoms with van der Waals surface area (Å²) in [5.41, 5.74) is 0.880. The summed E-state index contributed by atoms with van der Waals surface area (Å²) in [5.74, 6) is 0. The van der Waals surface area contributed by atoms with Gasteiger partial charge in [0.25, 0.3) is 0 Å². The van der Waals surface area contributed by atoms with Crippen molar-refractivity contribution in [2.45, 2.75) is 13.1 Å². The third kappa shape index (κ3) is 9.71. The first kappa shape index (κ1) is 9.10. The standard InChI is InChI=1S/C3H8ClSi.Rf/c1-5(2)3-4;/h3H2,1-2H3;. The van der Waals surface area contributed by atoms with Crippen LogP contribution in [0.5, 0.6) is 0 Å². The first-order chi connectivity index (χ1) is 2.27. The molecule has 1 radical (unpaired) electrons. The molecule has 0 aliphatic heterocycles. The fraction of sp³-hybridized carbons (Fsp3) is 1.00. The summed E-state index contributed by atoms with van der Waals surface area (Å²) in [6, 6.07) is 0. The van der Waals surface area contributed by atoms with Gasteiger partial charge >= 0.3 is 0 Å². The van der Waals surface area contributed by atoms with Gasteiger partial charge < -0.3 is 0 Å². The van der Waals surface area contributed by atoms with Crippen molar-refractivity contribution >= 4 is 20.4 Å². The number of alkyl halides is 1. The molecule has 0 rings (SSSR count). The molecule has 0 aromatic heterocycles. The zero-order chi connectivity index (χ0) is 4.28. The molecular formula is C3H8ClRfSi. The van der Waals surface area contributed by atoms with E-state index in [0.717, 1.165) is 5.50 Å². The summed E-state index contributed by atoms with van der Waals surface area (Å²) in [5, 5.41) is 0. The Morgan fingerprint density at radius 2 is 1.67 bits per heavy atom. The molecule has 33 valence electrons. The second-order valence-corrected chi connectivity index (χ2v) is 4.82. The minimum atomic E-state index is -0.109. The number of hydrogen-bond donors (Lipinski definition) is 0. The molecule has 0 aromatic carbocycles. The Kier molecular flexibility index (Phi) is 6.83. The Hall–Kier alpha value is -0.493. The van der Waals surface area contributed by atoms with Crippen LogP contribution in [-0.2, 0) is 0 Å². The molecule has 0 bridgehead atoms. The van der Waals surface area contributed by atoms with Crippen LogP contribution in [-0.4, -0.2) is 14.3 Å². The summed E-state index contributed by atoms with van der Waals surface area (Å²) >= 11 is 5.38. The van der Waals surface area contributed by atoms with Crippen molar-refractivity contribution in [2.24, 2.45) is 0 Å². The first-order valence-electron chi connectivity index (χ1n) is 1.62. The molecule has 0 saturated carbocycles. The van der Waals surface area contributed by atoms with E-state index >= 15 is 0 Å². The molecule has 0 spiro atoms. The summed E-state index contributed by atoms with van der Waals surface area (Å²) in [7, 11) is -0.109. The van der Waals surface area contributed by atoms with Crippen LogP contribution in [0.1, 0.15) is 0 Å². The smallest absolute Gasteiger partial charge is 0.0594 e. The van der Waals surface area contributed by atoms with E-state index < -0.39 is 0 Å². The van der Waals surface area contributed by atoms with E-state index in [2.05, 4.69) is 13.1 Å². The largest absolute Gasteiger partial charge is 0.130 e. The predicted molar refractivity (Wildman–Crippen MR) is 28.2 cm³/mol. The van der Waals surface area contributed by atoms with Gasteiger partial charge in [-0.1, -0.05) is 13.1 Å². The predicted octanol–water partition coefficient (Wildman–Crippen LogP) is 1.52. The molecule has 0 amide bonds.